The van der Waals surface area contributed by atoms with Crippen molar-refractivity contribution in [2.45, 2.75) is 12.8 Å². The number of hydrogen-bond donors (Lipinski definition) is 1. The second kappa shape index (κ2) is 5.37. The highest BCUT2D eigenvalue weighted by Gasteiger charge is 2.30. The van der Waals surface area contributed by atoms with Gasteiger partial charge in [0, 0.05) is 20.1 Å². The number of aryl methyl sites for hydroxylation is 1. The number of nitrogens with zero attached hydrogens (tertiary/aromatic N) is 4. The summed E-state index contributed by atoms with van der Waals surface area (Å²) >= 11 is 0. The lowest BCUT2D eigenvalue weighted by molar-refractivity contribution is -0.388. The summed E-state index contributed by atoms with van der Waals surface area (Å²) in [5.41, 5.74) is 0. The maximum absolute atomic E-state index is 11.2. The number of primary sulfonamides is 1. The molecule has 0 aromatic carbocycles. The Labute approximate surface area is 116 Å². The molecular formula is C10H17N5O4S. The SMILES string of the molecule is Cn1cnc([N+](=O)[O-])c1N1CCC[C@H](CS(N)(=O)=O)C1. The molecule has 2 rings (SSSR count). The summed E-state index contributed by atoms with van der Waals surface area (Å²) in [7, 11) is -1.86. The van der Waals surface area contributed by atoms with Crippen LogP contribution in [0.2, 0.25) is 0 Å². The van der Waals surface area contributed by atoms with Gasteiger partial charge >= 0.3 is 5.82 Å². The van der Waals surface area contributed by atoms with Gasteiger partial charge in [-0.2, -0.15) is 0 Å². The topological polar surface area (TPSA) is 124 Å². The van der Waals surface area contributed by atoms with Crippen molar-refractivity contribution >= 4 is 21.7 Å². The highest BCUT2D eigenvalue weighted by molar-refractivity contribution is 7.89. The van der Waals surface area contributed by atoms with Crippen molar-refractivity contribution in [1.29, 1.82) is 0 Å². The summed E-state index contributed by atoms with van der Waals surface area (Å²) in [5.74, 6) is -0.0130. The summed E-state index contributed by atoms with van der Waals surface area (Å²) in [6.45, 7) is 1.07. The number of imidazole rings is 1. The molecule has 1 aliphatic rings. The van der Waals surface area contributed by atoms with Crippen LogP contribution in [-0.4, -0.2) is 41.7 Å². The summed E-state index contributed by atoms with van der Waals surface area (Å²) in [4.78, 5) is 16.0. The van der Waals surface area contributed by atoms with Crippen molar-refractivity contribution < 1.29 is 13.3 Å². The van der Waals surface area contributed by atoms with Gasteiger partial charge in [0.2, 0.25) is 22.2 Å². The third-order valence-electron chi connectivity index (χ3n) is 3.35. The Hall–Kier alpha value is -1.68. The fourth-order valence-electron chi connectivity index (χ4n) is 2.63. The third-order valence-corrected chi connectivity index (χ3v) is 4.28. The molecule has 0 bridgehead atoms. The van der Waals surface area contributed by atoms with Crippen molar-refractivity contribution in [1.82, 2.24) is 9.55 Å². The van der Waals surface area contributed by atoms with Crippen LogP contribution in [0, 0.1) is 16.0 Å². The molecule has 0 spiro atoms. The Morgan fingerprint density at radius 1 is 1.60 bits per heavy atom. The zero-order valence-electron chi connectivity index (χ0n) is 11.1. The molecule has 2 heterocycles. The fourth-order valence-corrected chi connectivity index (χ4v) is 3.56. The standard InChI is InChI=1S/C10H17N5O4S/c1-13-7-12-9(15(16)17)10(13)14-4-2-3-8(5-14)6-20(11,18)19/h7-8H,2-6H2,1H3,(H2,11,18,19)/t8-/m0/s1. The number of nitrogens with two attached hydrogens (primary N) is 1. The maximum Gasteiger partial charge on any atom is 0.406 e. The molecular weight excluding hydrogens is 286 g/mol. The molecule has 1 aromatic heterocycles. The molecule has 20 heavy (non-hydrogen) atoms. The van der Waals surface area contributed by atoms with E-state index in [-0.39, 0.29) is 17.5 Å². The molecule has 1 saturated heterocycles. The summed E-state index contributed by atoms with van der Waals surface area (Å²) in [6.07, 6.45) is 2.90. The van der Waals surface area contributed by atoms with Crippen LogP contribution in [0.3, 0.4) is 0 Å². The average molecular weight is 303 g/mol. The Kier molecular flexibility index (Phi) is 3.95. The van der Waals surface area contributed by atoms with Crippen molar-refractivity contribution in [2.75, 3.05) is 23.7 Å². The van der Waals surface area contributed by atoms with Gasteiger partial charge in [-0.1, -0.05) is 0 Å². The van der Waals surface area contributed by atoms with Crippen molar-refractivity contribution in [3.8, 4) is 0 Å². The molecule has 0 saturated carbocycles. The second-order valence-electron chi connectivity index (χ2n) is 5.04. The smallest absolute Gasteiger partial charge is 0.358 e. The van der Waals surface area contributed by atoms with Crippen LogP contribution in [0.4, 0.5) is 11.6 Å². The third kappa shape index (κ3) is 3.25. The van der Waals surface area contributed by atoms with E-state index in [4.69, 9.17) is 5.14 Å². The number of nitro groups is 1. The van der Waals surface area contributed by atoms with E-state index in [1.54, 1.807) is 11.6 Å². The minimum atomic E-state index is -3.54. The Balaban J connectivity index is 2.21. The summed E-state index contributed by atoms with van der Waals surface area (Å²) in [6, 6.07) is 0. The predicted molar refractivity (Wildman–Crippen MR) is 72.8 cm³/mol. The number of piperidine rings is 1. The largest absolute Gasteiger partial charge is 0.406 e. The van der Waals surface area contributed by atoms with Gasteiger partial charge in [0.25, 0.3) is 0 Å². The van der Waals surface area contributed by atoms with Gasteiger partial charge in [0.15, 0.2) is 0 Å². The number of aromatic nitrogens is 2. The minimum absolute atomic E-state index is 0.102. The molecule has 1 fully saturated rings. The lowest BCUT2D eigenvalue weighted by atomic mass is 10.0. The minimum Gasteiger partial charge on any atom is -0.358 e. The predicted octanol–water partition coefficient (Wildman–Crippen LogP) is -0.167. The highest BCUT2D eigenvalue weighted by atomic mass is 32.2. The molecule has 1 aliphatic heterocycles. The van der Waals surface area contributed by atoms with E-state index in [0.29, 0.717) is 18.9 Å². The van der Waals surface area contributed by atoms with Crippen LogP contribution in [0.1, 0.15) is 12.8 Å². The van der Waals surface area contributed by atoms with E-state index in [2.05, 4.69) is 4.98 Å². The van der Waals surface area contributed by atoms with Gasteiger partial charge in [-0.15, -0.1) is 0 Å². The number of anilines is 1. The first kappa shape index (κ1) is 14.7. The molecule has 0 aliphatic carbocycles. The van der Waals surface area contributed by atoms with Crippen LogP contribution in [0.15, 0.2) is 6.33 Å². The van der Waals surface area contributed by atoms with E-state index in [9.17, 15) is 18.5 Å². The zero-order valence-corrected chi connectivity index (χ0v) is 11.9. The molecule has 10 heteroatoms. The van der Waals surface area contributed by atoms with E-state index in [0.717, 1.165) is 12.8 Å². The van der Waals surface area contributed by atoms with E-state index >= 15 is 0 Å². The Morgan fingerprint density at radius 2 is 2.30 bits per heavy atom. The van der Waals surface area contributed by atoms with Gasteiger partial charge in [-0.3, -0.25) is 4.57 Å². The molecule has 2 N–H and O–H groups in total. The highest BCUT2D eigenvalue weighted by Crippen LogP contribution is 2.30. The number of hydrogen-bond acceptors (Lipinski definition) is 6. The normalized spacial score (nSPS) is 20.1. The number of rotatable bonds is 4. The quantitative estimate of drug-likeness (QED) is 0.608. The van der Waals surface area contributed by atoms with Crippen LogP contribution < -0.4 is 10.0 Å². The van der Waals surface area contributed by atoms with Crippen LogP contribution >= 0.6 is 0 Å². The Bertz CT molecular complexity index is 611. The summed E-state index contributed by atoms with van der Waals surface area (Å²) in [5, 5.41) is 16.0. The van der Waals surface area contributed by atoms with Gasteiger partial charge in [0.05, 0.1) is 5.75 Å². The van der Waals surface area contributed by atoms with E-state index in [1.165, 1.54) is 6.33 Å². The van der Waals surface area contributed by atoms with E-state index < -0.39 is 14.9 Å². The van der Waals surface area contributed by atoms with Crippen molar-refractivity contribution in [2.24, 2.45) is 18.1 Å². The molecule has 0 unspecified atom stereocenters. The average Bonchev–Trinajstić information content (AvgIpc) is 2.69. The van der Waals surface area contributed by atoms with Crippen LogP contribution in [0.5, 0.6) is 0 Å². The van der Waals surface area contributed by atoms with Gasteiger partial charge in [-0.25, -0.2) is 13.6 Å². The van der Waals surface area contributed by atoms with E-state index in [1.807, 2.05) is 4.90 Å². The molecule has 1 aromatic rings. The van der Waals surface area contributed by atoms with Gasteiger partial charge < -0.3 is 15.0 Å². The fraction of sp³-hybridized carbons (Fsp3) is 0.700. The van der Waals surface area contributed by atoms with Crippen molar-refractivity contribution in [3.05, 3.63) is 16.4 Å². The first-order valence-electron chi connectivity index (χ1n) is 6.19. The number of sulfonamides is 1. The first-order valence-corrected chi connectivity index (χ1v) is 7.90. The maximum atomic E-state index is 11.2. The lowest BCUT2D eigenvalue weighted by Gasteiger charge is -2.33. The molecule has 112 valence electrons. The molecule has 0 amide bonds. The molecule has 1 atom stereocenters. The first-order chi connectivity index (χ1) is 9.28. The van der Waals surface area contributed by atoms with Crippen LogP contribution in [-0.2, 0) is 17.1 Å². The lowest BCUT2D eigenvalue weighted by Crippen LogP contribution is -2.40. The monoisotopic (exact) mass is 303 g/mol. The Morgan fingerprint density at radius 3 is 2.90 bits per heavy atom. The summed E-state index contributed by atoms with van der Waals surface area (Å²) < 4.78 is 23.9. The second-order valence-corrected chi connectivity index (χ2v) is 6.70. The zero-order chi connectivity index (χ0) is 14.9. The molecule has 9 nitrogen and oxygen atoms in total. The van der Waals surface area contributed by atoms with Gasteiger partial charge in [0.1, 0.15) is 0 Å². The van der Waals surface area contributed by atoms with Crippen molar-refractivity contribution in [3.63, 3.8) is 0 Å². The van der Waals surface area contributed by atoms with Gasteiger partial charge in [-0.05, 0) is 28.7 Å². The molecule has 0 radical (unpaired) electrons. The van der Waals surface area contributed by atoms with Crippen LogP contribution in [0.25, 0.3) is 0 Å².